The van der Waals surface area contributed by atoms with Crippen molar-refractivity contribution in [1.29, 1.82) is 0 Å². The Morgan fingerprint density at radius 2 is 1.81 bits per heavy atom. The van der Waals surface area contributed by atoms with Crippen molar-refractivity contribution in [2.45, 2.75) is 38.5 Å². The van der Waals surface area contributed by atoms with E-state index in [0.29, 0.717) is 0 Å². The van der Waals surface area contributed by atoms with Gasteiger partial charge in [-0.15, -0.1) is 0 Å². The summed E-state index contributed by atoms with van der Waals surface area (Å²) in [5.41, 5.74) is 1.14. The van der Waals surface area contributed by atoms with E-state index in [1.807, 2.05) is 18.2 Å². The Kier molecular flexibility index (Phi) is 4.47. The number of halogens is 1. The maximum Gasteiger partial charge on any atom is 0.0438 e. The zero-order valence-corrected chi connectivity index (χ0v) is 10.4. The average Bonchev–Trinajstić information content (AvgIpc) is 2.38. The zero-order valence-electron chi connectivity index (χ0n) is 9.66. The second-order valence-corrected chi connectivity index (χ2v) is 5.07. The van der Waals surface area contributed by atoms with Gasteiger partial charge in [-0.2, -0.15) is 0 Å². The Balaban J connectivity index is 1.91. The van der Waals surface area contributed by atoms with E-state index in [0.717, 1.165) is 22.9 Å². The molecule has 86 valence electrons. The molecule has 0 bridgehead atoms. The van der Waals surface area contributed by atoms with Crippen LogP contribution < -0.4 is 0 Å². The van der Waals surface area contributed by atoms with Crippen molar-refractivity contribution in [3.8, 4) is 0 Å². The van der Waals surface area contributed by atoms with Crippen molar-refractivity contribution in [2.24, 2.45) is 5.92 Å². The largest absolute Gasteiger partial charge is 0.0840 e. The summed E-state index contributed by atoms with van der Waals surface area (Å²) in [5, 5.41) is 0.908. The van der Waals surface area contributed by atoms with Gasteiger partial charge in [-0.3, -0.25) is 0 Å². The molecule has 1 aromatic carbocycles. The first-order valence-electron chi connectivity index (χ1n) is 6.27. The molecule has 0 aliphatic heterocycles. The van der Waals surface area contributed by atoms with Crippen LogP contribution in [0.1, 0.15) is 44.1 Å². The Labute approximate surface area is 103 Å². The first-order chi connectivity index (χ1) is 7.86. The molecule has 0 nitrogen and oxygen atoms in total. The lowest BCUT2D eigenvalue weighted by Crippen LogP contribution is -2.04. The molecule has 1 fully saturated rings. The van der Waals surface area contributed by atoms with Gasteiger partial charge in [0.05, 0.1) is 0 Å². The molecule has 2 rings (SSSR count). The molecule has 0 N–H and O–H groups in total. The second-order valence-electron chi connectivity index (χ2n) is 4.66. The van der Waals surface area contributed by atoms with Crippen molar-refractivity contribution >= 4 is 16.6 Å². The lowest BCUT2D eigenvalue weighted by molar-refractivity contribution is 0.361. The first kappa shape index (κ1) is 11.7. The van der Waals surface area contributed by atoms with Gasteiger partial charge in [-0.05, 0) is 17.9 Å². The molecule has 0 radical (unpaired) electrons. The molecule has 1 heteroatoms. The maximum atomic E-state index is 6.29. The van der Waals surface area contributed by atoms with Crippen molar-refractivity contribution in [3.63, 3.8) is 0 Å². The predicted octanol–water partition coefficient (Wildman–Crippen LogP) is 5.24. The minimum absolute atomic E-state index is 0.867. The van der Waals surface area contributed by atoms with Crippen LogP contribution in [0, 0.1) is 5.92 Å². The van der Waals surface area contributed by atoms with Gasteiger partial charge < -0.3 is 0 Å². The van der Waals surface area contributed by atoms with Crippen LogP contribution in [0.5, 0.6) is 0 Å². The zero-order chi connectivity index (χ0) is 11.2. The van der Waals surface area contributed by atoms with Crippen molar-refractivity contribution in [2.75, 3.05) is 0 Å². The van der Waals surface area contributed by atoms with Gasteiger partial charge in [0.2, 0.25) is 0 Å². The highest BCUT2D eigenvalue weighted by molar-refractivity contribution is 6.48. The van der Waals surface area contributed by atoms with Gasteiger partial charge >= 0.3 is 0 Å². The first-order valence-corrected chi connectivity index (χ1v) is 6.65. The average molecular weight is 235 g/mol. The summed E-state index contributed by atoms with van der Waals surface area (Å²) in [7, 11) is 0. The quantitative estimate of drug-likeness (QED) is 0.671. The van der Waals surface area contributed by atoms with Crippen LogP contribution >= 0.6 is 11.6 Å². The third-order valence-electron chi connectivity index (χ3n) is 3.40. The molecule has 1 saturated carbocycles. The lowest BCUT2D eigenvalue weighted by atomic mass is 9.87. The number of benzene rings is 1. The molecule has 0 heterocycles. The topological polar surface area (TPSA) is 0 Å². The van der Waals surface area contributed by atoms with E-state index in [1.165, 1.54) is 32.1 Å². The molecule has 1 aliphatic rings. The monoisotopic (exact) mass is 234 g/mol. The second kappa shape index (κ2) is 6.10. The summed E-state index contributed by atoms with van der Waals surface area (Å²) in [6.07, 6.45) is 10.3. The number of hydrogen-bond donors (Lipinski definition) is 0. The molecule has 0 atom stereocenters. The summed E-state index contributed by atoms with van der Waals surface area (Å²) in [4.78, 5) is 0. The van der Waals surface area contributed by atoms with Crippen LogP contribution in [-0.4, -0.2) is 0 Å². The highest BCUT2D eigenvalue weighted by Crippen LogP contribution is 2.28. The molecule has 0 amide bonds. The standard InChI is InChI=1S/C15H19Cl/c16-15(14-9-5-2-6-10-14)12-11-13-7-3-1-4-8-13/h2,5-6,9-10,12-13H,1,3-4,7-8,11H2/b15-12-. The minimum atomic E-state index is 0.867. The summed E-state index contributed by atoms with van der Waals surface area (Å²) >= 11 is 6.29. The van der Waals surface area contributed by atoms with Crippen LogP contribution in [0.2, 0.25) is 0 Å². The van der Waals surface area contributed by atoms with E-state index < -0.39 is 0 Å². The Bertz CT molecular complexity index is 334. The molecular weight excluding hydrogens is 216 g/mol. The molecule has 0 saturated heterocycles. The number of allylic oxidation sites excluding steroid dienone is 1. The third kappa shape index (κ3) is 3.38. The van der Waals surface area contributed by atoms with Crippen LogP contribution in [0.3, 0.4) is 0 Å². The maximum absolute atomic E-state index is 6.29. The number of hydrogen-bond acceptors (Lipinski definition) is 0. The van der Waals surface area contributed by atoms with Crippen LogP contribution in [-0.2, 0) is 0 Å². The van der Waals surface area contributed by atoms with Gasteiger partial charge in [-0.1, -0.05) is 80.1 Å². The van der Waals surface area contributed by atoms with Gasteiger partial charge in [0.25, 0.3) is 0 Å². The molecule has 0 unspecified atom stereocenters. The van der Waals surface area contributed by atoms with E-state index in [9.17, 15) is 0 Å². The molecule has 1 aliphatic carbocycles. The SMILES string of the molecule is Cl/C(=C\CC1CCCCC1)c1ccccc1. The predicted molar refractivity (Wildman–Crippen MR) is 71.5 cm³/mol. The Morgan fingerprint density at radius 3 is 2.50 bits per heavy atom. The smallest absolute Gasteiger partial charge is 0.0438 e. The fraction of sp³-hybridized carbons (Fsp3) is 0.467. The summed E-state index contributed by atoms with van der Waals surface area (Å²) in [6, 6.07) is 10.2. The highest BCUT2D eigenvalue weighted by Gasteiger charge is 2.12. The van der Waals surface area contributed by atoms with E-state index in [2.05, 4.69) is 18.2 Å². The van der Waals surface area contributed by atoms with Crippen LogP contribution in [0.25, 0.3) is 5.03 Å². The van der Waals surface area contributed by atoms with E-state index in [-0.39, 0.29) is 0 Å². The lowest BCUT2D eigenvalue weighted by Gasteiger charge is -2.19. The normalized spacial score (nSPS) is 18.7. The molecular formula is C15H19Cl. The van der Waals surface area contributed by atoms with E-state index in [1.54, 1.807) is 0 Å². The third-order valence-corrected chi connectivity index (χ3v) is 3.78. The summed E-state index contributed by atoms with van der Waals surface area (Å²) in [5.74, 6) is 0.867. The van der Waals surface area contributed by atoms with Crippen molar-refractivity contribution in [1.82, 2.24) is 0 Å². The number of rotatable bonds is 3. The van der Waals surface area contributed by atoms with Gasteiger partial charge in [0.1, 0.15) is 0 Å². The fourth-order valence-corrected chi connectivity index (χ4v) is 2.62. The Hall–Kier alpha value is -0.750. The van der Waals surface area contributed by atoms with Gasteiger partial charge in [0.15, 0.2) is 0 Å². The highest BCUT2D eigenvalue weighted by atomic mass is 35.5. The molecule has 16 heavy (non-hydrogen) atoms. The van der Waals surface area contributed by atoms with Gasteiger partial charge in [-0.25, -0.2) is 0 Å². The van der Waals surface area contributed by atoms with E-state index in [4.69, 9.17) is 11.6 Å². The van der Waals surface area contributed by atoms with Crippen LogP contribution in [0.4, 0.5) is 0 Å². The van der Waals surface area contributed by atoms with Gasteiger partial charge in [0, 0.05) is 5.03 Å². The van der Waals surface area contributed by atoms with Crippen LogP contribution in [0.15, 0.2) is 36.4 Å². The summed E-state index contributed by atoms with van der Waals surface area (Å²) in [6.45, 7) is 0. The minimum Gasteiger partial charge on any atom is -0.0840 e. The fourth-order valence-electron chi connectivity index (χ4n) is 2.41. The molecule has 1 aromatic rings. The molecule has 0 aromatic heterocycles. The molecule has 0 spiro atoms. The van der Waals surface area contributed by atoms with Crippen molar-refractivity contribution < 1.29 is 0 Å². The van der Waals surface area contributed by atoms with E-state index >= 15 is 0 Å². The van der Waals surface area contributed by atoms with Crippen molar-refractivity contribution in [3.05, 3.63) is 42.0 Å². The Morgan fingerprint density at radius 1 is 1.12 bits per heavy atom. The summed E-state index contributed by atoms with van der Waals surface area (Å²) < 4.78 is 0.